The molecule has 4 rings (SSSR count). The van der Waals surface area contributed by atoms with E-state index >= 15 is 0 Å². The van der Waals surface area contributed by atoms with Gasteiger partial charge in [-0.15, -0.1) is 23.8 Å². The van der Waals surface area contributed by atoms with E-state index in [1.54, 1.807) is 0 Å². The summed E-state index contributed by atoms with van der Waals surface area (Å²) in [5.41, 5.74) is 2.57. The Bertz CT molecular complexity index is 1070. The van der Waals surface area contributed by atoms with Crippen LogP contribution in [-0.2, 0) is 20.1 Å². The van der Waals surface area contributed by atoms with Crippen LogP contribution in [0.5, 0.6) is 0 Å². The predicted octanol–water partition coefficient (Wildman–Crippen LogP) is 6.47. The molecule has 0 saturated carbocycles. The van der Waals surface area contributed by atoms with Crippen LogP contribution in [0.4, 0.5) is 0 Å². The first-order valence-corrected chi connectivity index (χ1v) is 10.4. The van der Waals surface area contributed by atoms with Crippen LogP contribution in [0.2, 0.25) is 0 Å². The number of ketones is 1. The average Bonchev–Trinajstić information content (AvgIpc) is 2.98. The van der Waals surface area contributed by atoms with Crippen molar-refractivity contribution in [2.24, 2.45) is 10.4 Å². The summed E-state index contributed by atoms with van der Waals surface area (Å²) in [5.74, 6) is 0.250. The number of thiophene rings is 1. The van der Waals surface area contributed by atoms with Crippen molar-refractivity contribution in [3.63, 3.8) is 0 Å². The van der Waals surface area contributed by atoms with Crippen molar-refractivity contribution in [3.8, 4) is 0 Å². The number of aliphatic hydroxyl groups excluding tert-OH is 1. The van der Waals surface area contributed by atoms with E-state index in [0.29, 0.717) is 0 Å². The Hall–Kier alpha value is -1.81. The molecule has 0 spiro atoms. The average molecular weight is 586 g/mol. The van der Waals surface area contributed by atoms with Gasteiger partial charge in [0.1, 0.15) is 0 Å². The molecular weight excluding hydrogens is 559 g/mol. The summed E-state index contributed by atoms with van der Waals surface area (Å²) in [7, 11) is 0. The minimum atomic E-state index is 0. The Morgan fingerprint density at radius 1 is 1.21 bits per heavy atom. The van der Waals surface area contributed by atoms with Crippen LogP contribution in [0.15, 0.2) is 53.2 Å². The van der Waals surface area contributed by atoms with Gasteiger partial charge in [0.15, 0.2) is 0 Å². The van der Waals surface area contributed by atoms with E-state index < -0.39 is 0 Å². The van der Waals surface area contributed by atoms with E-state index in [-0.39, 0.29) is 37.1 Å². The summed E-state index contributed by atoms with van der Waals surface area (Å²) < 4.78 is 2.66. The maximum Gasteiger partial charge on any atom is 0.316 e. The quantitative estimate of drug-likeness (QED) is 0.159. The number of fused-ring (bicyclic) bond motifs is 3. The van der Waals surface area contributed by atoms with Crippen molar-refractivity contribution in [1.82, 2.24) is 0 Å². The van der Waals surface area contributed by atoms with Gasteiger partial charge in [-0.05, 0) is 47.0 Å². The van der Waals surface area contributed by atoms with Gasteiger partial charge in [-0.2, -0.15) is 11.3 Å². The zero-order chi connectivity index (χ0) is 20.3. The minimum absolute atomic E-state index is 0. The zero-order valence-electron chi connectivity index (χ0n) is 17.2. The maximum absolute atomic E-state index is 8.40. The first-order valence-electron chi connectivity index (χ1n) is 9.56. The molecule has 0 bridgehead atoms. The van der Waals surface area contributed by atoms with Crippen LogP contribution in [-0.4, -0.2) is 27.9 Å². The van der Waals surface area contributed by atoms with E-state index in [0.717, 1.165) is 6.54 Å². The third kappa shape index (κ3) is 5.63. The van der Waals surface area contributed by atoms with E-state index in [1.165, 1.54) is 64.2 Å². The summed E-state index contributed by atoms with van der Waals surface area (Å²) in [6.45, 7) is 8.55. The molecule has 0 saturated heterocycles. The Labute approximate surface area is 189 Å². The van der Waals surface area contributed by atoms with Gasteiger partial charge in [0.2, 0.25) is 0 Å². The number of hydrogen-bond acceptors (Lipinski definition) is 3. The second-order valence-electron chi connectivity index (χ2n) is 7.87. The topological polar surface area (TPSA) is 54.0 Å². The van der Waals surface area contributed by atoms with Crippen LogP contribution in [0.25, 0.3) is 20.2 Å². The number of allylic oxidation sites excluding steroid dienone is 2. The van der Waals surface area contributed by atoms with Gasteiger partial charge < -0.3 is 10.1 Å². The molecular formula is C24H27IrNO2S. The van der Waals surface area contributed by atoms with Crippen LogP contribution >= 0.6 is 11.3 Å². The summed E-state index contributed by atoms with van der Waals surface area (Å²) in [4.78, 5) is 13.2. The molecule has 2 aromatic carbocycles. The molecule has 0 unspecified atom stereocenters. The van der Waals surface area contributed by atoms with Crippen LogP contribution in [0.3, 0.4) is 0 Å². The van der Waals surface area contributed by atoms with Gasteiger partial charge in [-0.3, -0.25) is 4.79 Å². The molecule has 3 aromatic rings. The number of hydrogen-bond donors (Lipinski definition) is 1. The summed E-state index contributed by atoms with van der Waals surface area (Å²) in [5, 5.41) is 11.1. The molecule has 0 aliphatic carbocycles. The van der Waals surface area contributed by atoms with Gasteiger partial charge in [0, 0.05) is 31.4 Å². The van der Waals surface area contributed by atoms with E-state index in [4.69, 9.17) is 14.9 Å². The van der Waals surface area contributed by atoms with Crippen LogP contribution < -0.4 is 0 Å². The second-order valence-corrected chi connectivity index (χ2v) is 8.95. The largest absolute Gasteiger partial charge is 0.512 e. The first kappa shape index (κ1) is 23.5. The molecule has 0 amide bonds. The Morgan fingerprint density at radius 2 is 1.93 bits per heavy atom. The van der Waals surface area contributed by atoms with Gasteiger partial charge in [-0.1, -0.05) is 37.4 Å². The number of benzene rings is 2. The van der Waals surface area contributed by atoms with Gasteiger partial charge in [-0.25, -0.2) is 0 Å². The molecule has 2 N–H and O–H groups in total. The Balaban J connectivity index is 0.000000327. The van der Waals surface area contributed by atoms with E-state index in [1.807, 2.05) is 11.3 Å². The number of nitrogens with zero attached hydrogens (tertiary/aromatic N) is 1. The Morgan fingerprint density at radius 3 is 2.55 bits per heavy atom. The van der Waals surface area contributed by atoms with Gasteiger partial charge in [0.25, 0.3) is 0 Å². The first-order chi connectivity index (χ1) is 13.3. The summed E-state index contributed by atoms with van der Waals surface area (Å²) >= 11 is 1.85. The van der Waals surface area contributed by atoms with Crippen LogP contribution in [0, 0.1) is 11.5 Å². The fourth-order valence-electron chi connectivity index (χ4n) is 3.60. The standard InChI is InChI=1S/C19H18NS.C5H8O2.Ir/c1-19(2)10-5-11-20-18(19)13-8-9-17-15(12-13)14-6-3-4-7-16(14)21-17;1-4(6)3-5(2)7;/h3-4,6-7,9,12H,5,10-11H2,1-2H3;3,6H,1-2H3;/q-1;;/p+1/b;4-3-;. The van der Waals surface area contributed by atoms with E-state index in [2.05, 4.69) is 56.3 Å². The Kier molecular flexibility index (Phi) is 7.93. The fourth-order valence-corrected chi connectivity index (χ4v) is 4.67. The molecule has 1 radical (unpaired) electrons. The number of aliphatic imine (C=N–C) groups is 1. The van der Waals surface area contributed by atoms with Gasteiger partial charge >= 0.3 is 5.78 Å². The maximum atomic E-state index is 8.40. The molecule has 155 valence electrons. The van der Waals surface area contributed by atoms with Crippen molar-refractivity contribution >= 4 is 43.0 Å². The zero-order valence-corrected chi connectivity index (χ0v) is 20.5. The van der Waals surface area contributed by atoms with Crippen molar-refractivity contribution in [2.45, 2.75) is 40.5 Å². The number of rotatable bonds is 2. The summed E-state index contributed by atoms with van der Waals surface area (Å²) in [6, 6.07) is 16.5. The van der Waals surface area contributed by atoms with Crippen molar-refractivity contribution in [1.29, 1.82) is 0 Å². The molecule has 1 aliphatic rings. The second kappa shape index (κ2) is 9.79. The molecule has 5 heteroatoms. The third-order valence-corrected chi connectivity index (χ3v) is 5.99. The minimum Gasteiger partial charge on any atom is -0.512 e. The molecule has 3 nitrogen and oxygen atoms in total. The molecule has 1 aliphatic heterocycles. The van der Waals surface area contributed by atoms with Crippen LogP contribution in [0.1, 0.15) is 46.1 Å². The normalized spacial score (nSPS) is 15.9. The van der Waals surface area contributed by atoms with Gasteiger partial charge in [0.05, 0.1) is 18.8 Å². The molecule has 2 heterocycles. The van der Waals surface area contributed by atoms with E-state index in [9.17, 15) is 0 Å². The fraction of sp³-hybridized carbons (Fsp3) is 0.333. The predicted molar refractivity (Wildman–Crippen MR) is 122 cm³/mol. The molecule has 0 atom stereocenters. The monoisotopic (exact) mass is 586 g/mol. The summed E-state index contributed by atoms with van der Waals surface area (Å²) in [6.07, 6.45) is 3.68. The SMILES string of the molecule is CC(=[OH+])/C=C(/C)O.CC1(C)CCCN=C1c1[c-]cc2sc3ccccc3c2c1.[Ir]. The smallest absolute Gasteiger partial charge is 0.316 e. The van der Waals surface area contributed by atoms with Crippen molar-refractivity contribution in [3.05, 3.63) is 59.9 Å². The third-order valence-electron chi connectivity index (χ3n) is 4.85. The van der Waals surface area contributed by atoms with Crippen molar-refractivity contribution in [2.75, 3.05) is 6.54 Å². The molecule has 0 fully saturated rings. The molecule has 1 aromatic heterocycles. The molecule has 29 heavy (non-hydrogen) atoms. The number of carbonyl (C=O) groups excluding carboxylic acids is 1. The van der Waals surface area contributed by atoms with Crippen molar-refractivity contribution < 1.29 is 30.0 Å². The number of aliphatic hydroxyl groups is 1.